The van der Waals surface area contributed by atoms with Gasteiger partial charge in [-0.1, -0.05) is 46.8 Å². The second-order valence-electron chi connectivity index (χ2n) is 7.54. The first-order valence-corrected chi connectivity index (χ1v) is 8.94. The fraction of sp³-hybridized carbons (Fsp3) is 0.579. The van der Waals surface area contributed by atoms with E-state index in [2.05, 4.69) is 57.3 Å². The lowest BCUT2D eigenvalue weighted by atomic mass is 9.87. The van der Waals surface area contributed by atoms with E-state index in [1.54, 1.807) is 6.92 Å². The molecule has 0 bridgehead atoms. The van der Waals surface area contributed by atoms with E-state index in [-0.39, 0.29) is 17.2 Å². The maximum atomic E-state index is 12.2. The maximum absolute atomic E-state index is 12.2. The number of thioether (sulfide) groups is 1. The van der Waals surface area contributed by atoms with Gasteiger partial charge in [0.05, 0.1) is 11.8 Å². The summed E-state index contributed by atoms with van der Waals surface area (Å²) in [6.07, 6.45) is 0. The Balaban J connectivity index is 2.79. The van der Waals surface area contributed by atoms with Crippen LogP contribution in [0.4, 0.5) is 0 Å². The molecule has 0 saturated carbocycles. The van der Waals surface area contributed by atoms with Crippen LogP contribution in [0.3, 0.4) is 0 Å². The highest BCUT2D eigenvalue weighted by Gasteiger charge is 2.29. The van der Waals surface area contributed by atoms with Gasteiger partial charge in [-0.15, -0.1) is 11.8 Å². The van der Waals surface area contributed by atoms with Crippen LogP contribution in [0.2, 0.25) is 0 Å². The summed E-state index contributed by atoms with van der Waals surface area (Å²) in [5.74, 6) is 0.277. The number of amides is 1. The van der Waals surface area contributed by atoms with Crippen LogP contribution < -0.4 is 5.32 Å². The van der Waals surface area contributed by atoms with Gasteiger partial charge in [-0.05, 0) is 42.4 Å². The van der Waals surface area contributed by atoms with Crippen LogP contribution in [0.1, 0.15) is 52.7 Å². The molecule has 0 spiro atoms. The first kappa shape index (κ1) is 19.6. The van der Waals surface area contributed by atoms with Crippen LogP contribution in [0.5, 0.6) is 0 Å². The van der Waals surface area contributed by atoms with Crippen LogP contribution in [-0.4, -0.2) is 17.2 Å². The quantitative estimate of drug-likeness (QED) is 0.811. The van der Waals surface area contributed by atoms with Gasteiger partial charge in [0.25, 0.3) is 0 Å². The Bertz CT molecular complexity index is 611. The zero-order chi connectivity index (χ0) is 17.8. The average Bonchev–Trinajstić information content (AvgIpc) is 2.44. The number of hydrogen-bond donors (Lipinski definition) is 1. The van der Waals surface area contributed by atoms with Crippen LogP contribution in [0, 0.1) is 24.2 Å². The summed E-state index contributed by atoms with van der Waals surface area (Å²) in [5.41, 5.74) is 1.69. The van der Waals surface area contributed by atoms with E-state index in [0.717, 1.165) is 4.90 Å². The number of hydrogen-bond acceptors (Lipinski definition) is 3. The van der Waals surface area contributed by atoms with Gasteiger partial charge in [-0.2, -0.15) is 5.26 Å². The third kappa shape index (κ3) is 5.28. The third-order valence-electron chi connectivity index (χ3n) is 4.20. The van der Waals surface area contributed by atoms with Crippen molar-refractivity contribution in [1.82, 2.24) is 5.32 Å². The van der Waals surface area contributed by atoms with Crippen molar-refractivity contribution >= 4 is 17.7 Å². The van der Waals surface area contributed by atoms with Crippen LogP contribution in [0.15, 0.2) is 23.1 Å². The van der Waals surface area contributed by atoms with Crippen molar-refractivity contribution in [2.75, 3.05) is 5.75 Å². The van der Waals surface area contributed by atoms with Gasteiger partial charge < -0.3 is 5.32 Å². The van der Waals surface area contributed by atoms with Crippen molar-refractivity contribution < 1.29 is 4.79 Å². The lowest BCUT2D eigenvalue weighted by molar-refractivity contribution is -0.120. The molecular formula is C19H28N2OS. The molecule has 126 valence electrons. The van der Waals surface area contributed by atoms with Gasteiger partial charge in [-0.25, -0.2) is 0 Å². The molecule has 1 atom stereocenters. The molecular weight excluding hydrogens is 304 g/mol. The van der Waals surface area contributed by atoms with E-state index in [9.17, 15) is 10.1 Å². The first-order valence-electron chi connectivity index (χ1n) is 7.96. The standard InChI is InChI=1S/C19H28N2OS/c1-13(2)19(7,12-20)21-17(22)11-23-16-10-15(18(4,5)6)9-8-14(16)3/h8-10,13H,11H2,1-7H3,(H,21,22)/t19-/m0/s1. The highest BCUT2D eigenvalue weighted by Crippen LogP contribution is 2.29. The fourth-order valence-electron chi connectivity index (χ4n) is 1.99. The number of carbonyl (C=O) groups is 1. The molecule has 1 N–H and O–H groups in total. The molecule has 0 fully saturated rings. The van der Waals surface area contributed by atoms with Crippen molar-refractivity contribution in [3.63, 3.8) is 0 Å². The molecule has 1 aromatic carbocycles. The highest BCUT2D eigenvalue weighted by atomic mass is 32.2. The molecule has 0 unspecified atom stereocenters. The second kappa shape index (κ2) is 7.40. The lowest BCUT2D eigenvalue weighted by Gasteiger charge is -2.27. The molecule has 0 aliphatic rings. The zero-order valence-corrected chi connectivity index (χ0v) is 16.1. The van der Waals surface area contributed by atoms with Gasteiger partial charge in [0.15, 0.2) is 0 Å². The normalized spacial score (nSPS) is 14.2. The summed E-state index contributed by atoms with van der Waals surface area (Å²) in [6.45, 7) is 14.2. The molecule has 3 nitrogen and oxygen atoms in total. The van der Waals surface area contributed by atoms with Crippen molar-refractivity contribution in [3.05, 3.63) is 29.3 Å². The molecule has 0 heterocycles. The fourth-order valence-corrected chi connectivity index (χ4v) is 2.86. The highest BCUT2D eigenvalue weighted by molar-refractivity contribution is 8.00. The molecule has 1 aromatic rings. The number of benzene rings is 1. The molecule has 4 heteroatoms. The Labute approximate surface area is 144 Å². The molecule has 0 radical (unpaired) electrons. The SMILES string of the molecule is Cc1ccc(C(C)(C)C)cc1SCC(=O)N[C@@](C)(C#N)C(C)C. The van der Waals surface area contributed by atoms with Gasteiger partial charge in [0, 0.05) is 4.90 Å². The van der Waals surface area contributed by atoms with E-state index in [0.29, 0.717) is 5.75 Å². The minimum Gasteiger partial charge on any atom is -0.337 e. The van der Waals surface area contributed by atoms with E-state index >= 15 is 0 Å². The molecule has 0 aliphatic heterocycles. The average molecular weight is 333 g/mol. The van der Waals surface area contributed by atoms with E-state index in [1.165, 1.54) is 22.9 Å². The Morgan fingerprint density at radius 2 is 1.91 bits per heavy atom. The summed E-state index contributed by atoms with van der Waals surface area (Å²) in [5, 5.41) is 12.1. The number of nitrogens with one attached hydrogen (secondary N) is 1. The molecule has 0 aliphatic carbocycles. The van der Waals surface area contributed by atoms with Gasteiger partial charge >= 0.3 is 0 Å². The lowest BCUT2D eigenvalue weighted by Crippen LogP contribution is -2.49. The van der Waals surface area contributed by atoms with Gasteiger partial charge in [0.2, 0.25) is 5.91 Å². The zero-order valence-electron chi connectivity index (χ0n) is 15.3. The van der Waals surface area contributed by atoms with Crippen LogP contribution >= 0.6 is 11.8 Å². The third-order valence-corrected chi connectivity index (χ3v) is 5.36. The topological polar surface area (TPSA) is 52.9 Å². The predicted molar refractivity (Wildman–Crippen MR) is 97.6 cm³/mol. The smallest absolute Gasteiger partial charge is 0.231 e. The Morgan fingerprint density at radius 1 is 1.30 bits per heavy atom. The summed E-state index contributed by atoms with van der Waals surface area (Å²) in [6, 6.07) is 8.62. The Hall–Kier alpha value is -1.47. The van der Waals surface area contributed by atoms with E-state index in [4.69, 9.17) is 0 Å². The van der Waals surface area contributed by atoms with Crippen molar-refractivity contribution in [3.8, 4) is 6.07 Å². The monoisotopic (exact) mass is 332 g/mol. The van der Waals surface area contributed by atoms with Crippen LogP contribution in [-0.2, 0) is 10.2 Å². The minimum atomic E-state index is -0.819. The maximum Gasteiger partial charge on any atom is 0.231 e. The Kier molecular flexibility index (Phi) is 6.30. The summed E-state index contributed by atoms with van der Waals surface area (Å²) >= 11 is 1.53. The Morgan fingerprint density at radius 3 is 2.39 bits per heavy atom. The number of rotatable bonds is 5. The molecule has 0 saturated heterocycles. The molecule has 1 rings (SSSR count). The van der Waals surface area contributed by atoms with Crippen molar-refractivity contribution in [2.45, 2.75) is 64.3 Å². The largest absolute Gasteiger partial charge is 0.337 e. The number of nitriles is 1. The van der Waals surface area contributed by atoms with E-state index in [1.807, 2.05) is 13.8 Å². The van der Waals surface area contributed by atoms with Crippen molar-refractivity contribution in [2.24, 2.45) is 5.92 Å². The van der Waals surface area contributed by atoms with Crippen LogP contribution in [0.25, 0.3) is 0 Å². The predicted octanol–water partition coefficient (Wildman–Crippen LogP) is 4.44. The minimum absolute atomic E-state index is 0.0624. The van der Waals surface area contributed by atoms with Gasteiger partial charge in [0.1, 0.15) is 5.54 Å². The summed E-state index contributed by atoms with van der Waals surface area (Å²) in [7, 11) is 0. The first-order chi connectivity index (χ1) is 10.5. The summed E-state index contributed by atoms with van der Waals surface area (Å²) in [4.78, 5) is 13.3. The summed E-state index contributed by atoms with van der Waals surface area (Å²) < 4.78 is 0. The molecule has 1 amide bonds. The number of aryl methyl sites for hydroxylation is 1. The second-order valence-corrected chi connectivity index (χ2v) is 8.55. The van der Waals surface area contributed by atoms with E-state index < -0.39 is 5.54 Å². The molecule has 0 aromatic heterocycles. The number of carbonyl (C=O) groups excluding carboxylic acids is 1. The number of nitrogens with zero attached hydrogens (tertiary/aromatic N) is 1. The van der Waals surface area contributed by atoms with Gasteiger partial charge in [-0.3, -0.25) is 4.79 Å². The molecule has 23 heavy (non-hydrogen) atoms. The van der Waals surface area contributed by atoms with Crippen molar-refractivity contribution in [1.29, 1.82) is 5.26 Å².